The molecule has 2 heteroatoms. The van der Waals surface area contributed by atoms with Gasteiger partial charge in [-0.1, -0.05) is 220 Å². The second kappa shape index (κ2) is 15.6. The smallest absolute Gasteiger partial charge is 0.160 e. The normalized spacial score (nSPS) is 12.6. The van der Waals surface area contributed by atoms with Crippen molar-refractivity contribution in [3.8, 4) is 89.5 Å². The predicted octanol–water partition coefficient (Wildman–Crippen LogP) is 16.8. The first kappa shape index (κ1) is 38.5. The fourth-order valence-corrected chi connectivity index (χ4v) is 10.1. The standard InChI is InChI=1S/C63H44N2/c1-63(2)56-26-14-25-53(61(56)55-38-49-20-9-10-21-50(49)39-57(55)63)43-27-29-44(30-28-43)54-36-35-42-17-11-12-24-52(42)60(54)46-33-31-45(32-34-46)58-40-59(65-62(64-58)47-18-7-4-8-19-47)51-23-13-22-48(37-51)41-15-5-3-6-16-41/h3-40H,1-2H3. The molecular weight excluding hydrogens is 785 g/mol. The summed E-state index contributed by atoms with van der Waals surface area (Å²) in [5, 5.41) is 5.01. The molecule has 12 rings (SSSR count). The van der Waals surface area contributed by atoms with E-state index in [-0.39, 0.29) is 5.41 Å². The van der Waals surface area contributed by atoms with Crippen LogP contribution in [0.25, 0.3) is 111 Å². The highest BCUT2D eigenvalue weighted by atomic mass is 14.9. The van der Waals surface area contributed by atoms with Crippen LogP contribution >= 0.6 is 0 Å². The molecule has 1 aromatic heterocycles. The first-order valence-electron chi connectivity index (χ1n) is 22.5. The number of nitrogens with zero attached hydrogens (tertiary/aromatic N) is 2. The lowest BCUT2D eigenvalue weighted by molar-refractivity contribution is 0.661. The average Bonchev–Trinajstić information content (AvgIpc) is 3.60. The summed E-state index contributed by atoms with van der Waals surface area (Å²) in [5.41, 5.74) is 19.8. The van der Waals surface area contributed by atoms with Gasteiger partial charge in [-0.05, 0) is 113 Å². The van der Waals surface area contributed by atoms with Crippen molar-refractivity contribution in [1.82, 2.24) is 9.97 Å². The SMILES string of the molecule is CC1(C)c2cc3ccccc3cc2-c2c(-c3ccc(-c4ccc5ccccc5c4-c4ccc(-c5cc(-c6cccc(-c7ccccc7)c6)nc(-c6ccccc6)n5)cc4)cc3)cccc21. The van der Waals surface area contributed by atoms with E-state index in [1.807, 2.05) is 18.2 Å². The van der Waals surface area contributed by atoms with Gasteiger partial charge < -0.3 is 0 Å². The molecule has 10 aromatic carbocycles. The van der Waals surface area contributed by atoms with Gasteiger partial charge in [-0.3, -0.25) is 0 Å². The molecule has 0 saturated heterocycles. The van der Waals surface area contributed by atoms with Crippen molar-refractivity contribution in [3.05, 3.63) is 242 Å². The molecule has 0 amide bonds. The molecule has 0 aliphatic heterocycles. The van der Waals surface area contributed by atoms with Crippen molar-refractivity contribution in [2.75, 3.05) is 0 Å². The van der Waals surface area contributed by atoms with Gasteiger partial charge in [-0.25, -0.2) is 9.97 Å². The molecule has 306 valence electrons. The highest BCUT2D eigenvalue weighted by Crippen LogP contribution is 2.53. The van der Waals surface area contributed by atoms with Gasteiger partial charge in [0.2, 0.25) is 0 Å². The van der Waals surface area contributed by atoms with Crippen LogP contribution in [0.1, 0.15) is 25.0 Å². The van der Waals surface area contributed by atoms with Crippen LogP contribution in [-0.2, 0) is 5.41 Å². The Bertz CT molecular complexity index is 3590. The Morgan fingerprint density at radius 2 is 0.831 bits per heavy atom. The Hall–Kier alpha value is -8.20. The van der Waals surface area contributed by atoms with Crippen molar-refractivity contribution in [2.24, 2.45) is 0 Å². The van der Waals surface area contributed by atoms with Crippen molar-refractivity contribution < 1.29 is 0 Å². The minimum Gasteiger partial charge on any atom is -0.228 e. The molecule has 0 atom stereocenters. The average molecular weight is 829 g/mol. The lowest BCUT2D eigenvalue weighted by Crippen LogP contribution is -2.14. The number of hydrogen-bond acceptors (Lipinski definition) is 2. The molecule has 2 nitrogen and oxygen atoms in total. The Morgan fingerprint density at radius 1 is 0.292 bits per heavy atom. The Labute approximate surface area is 380 Å². The first-order valence-corrected chi connectivity index (χ1v) is 22.5. The van der Waals surface area contributed by atoms with E-state index in [1.165, 1.54) is 77.2 Å². The van der Waals surface area contributed by atoms with Crippen LogP contribution in [0.5, 0.6) is 0 Å². The van der Waals surface area contributed by atoms with E-state index in [0.29, 0.717) is 5.82 Å². The minimum absolute atomic E-state index is 0.0887. The largest absolute Gasteiger partial charge is 0.228 e. The lowest BCUT2D eigenvalue weighted by atomic mass is 9.81. The highest BCUT2D eigenvalue weighted by Gasteiger charge is 2.37. The monoisotopic (exact) mass is 828 g/mol. The number of hydrogen-bond donors (Lipinski definition) is 0. The van der Waals surface area contributed by atoms with E-state index in [0.717, 1.165) is 39.2 Å². The molecule has 0 N–H and O–H groups in total. The van der Waals surface area contributed by atoms with Gasteiger partial charge in [0.05, 0.1) is 11.4 Å². The summed E-state index contributed by atoms with van der Waals surface area (Å²) in [6.45, 7) is 4.73. The summed E-state index contributed by atoms with van der Waals surface area (Å²) in [6, 6.07) is 83.3. The second-order valence-electron chi connectivity index (χ2n) is 17.7. The van der Waals surface area contributed by atoms with E-state index >= 15 is 0 Å². The summed E-state index contributed by atoms with van der Waals surface area (Å²) < 4.78 is 0. The fourth-order valence-electron chi connectivity index (χ4n) is 10.1. The Morgan fingerprint density at radius 3 is 1.55 bits per heavy atom. The van der Waals surface area contributed by atoms with Crippen molar-refractivity contribution in [1.29, 1.82) is 0 Å². The number of rotatable bonds is 7. The number of fused-ring (bicyclic) bond motifs is 5. The molecule has 1 aliphatic carbocycles. The van der Waals surface area contributed by atoms with Gasteiger partial charge in [0, 0.05) is 22.1 Å². The summed E-state index contributed by atoms with van der Waals surface area (Å²) in [6.07, 6.45) is 0. The van der Waals surface area contributed by atoms with E-state index in [9.17, 15) is 0 Å². The van der Waals surface area contributed by atoms with Gasteiger partial charge in [0.1, 0.15) is 0 Å². The zero-order chi connectivity index (χ0) is 43.5. The Balaban J connectivity index is 0.932. The molecule has 11 aromatic rings. The minimum atomic E-state index is -0.0887. The van der Waals surface area contributed by atoms with Gasteiger partial charge in [-0.2, -0.15) is 0 Å². The Kier molecular flexibility index (Phi) is 9.21. The molecule has 65 heavy (non-hydrogen) atoms. The third-order valence-electron chi connectivity index (χ3n) is 13.5. The molecule has 0 spiro atoms. The molecule has 0 fully saturated rings. The summed E-state index contributed by atoms with van der Waals surface area (Å²) in [7, 11) is 0. The van der Waals surface area contributed by atoms with Crippen molar-refractivity contribution in [2.45, 2.75) is 19.3 Å². The molecule has 0 radical (unpaired) electrons. The van der Waals surface area contributed by atoms with Gasteiger partial charge in [0.25, 0.3) is 0 Å². The third kappa shape index (κ3) is 6.74. The van der Waals surface area contributed by atoms with E-state index < -0.39 is 0 Å². The van der Waals surface area contributed by atoms with Crippen LogP contribution in [0.15, 0.2) is 231 Å². The molecule has 1 heterocycles. The molecule has 1 aliphatic rings. The predicted molar refractivity (Wildman–Crippen MR) is 273 cm³/mol. The van der Waals surface area contributed by atoms with Crippen LogP contribution in [0.2, 0.25) is 0 Å². The van der Waals surface area contributed by atoms with Crippen LogP contribution in [0.3, 0.4) is 0 Å². The fraction of sp³-hybridized carbons (Fsp3) is 0.0476. The first-order chi connectivity index (χ1) is 32.0. The third-order valence-corrected chi connectivity index (χ3v) is 13.5. The number of aromatic nitrogens is 2. The maximum Gasteiger partial charge on any atom is 0.160 e. The zero-order valence-corrected chi connectivity index (χ0v) is 36.3. The quantitative estimate of drug-likeness (QED) is 0.160. The van der Waals surface area contributed by atoms with E-state index in [1.54, 1.807) is 0 Å². The van der Waals surface area contributed by atoms with E-state index in [4.69, 9.17) is 9.97 Å². The maximum atomic E-state index is 5.17. The van der Waals surface area contributed by atoms with Crippen LogP contribution in [-0.4, -0.2) is 9.97 Å². The van der Waals surface area contributed by atoms with Gasteiger partial charge in [-0.15, -0.1) is 0 Å². The maximum absolute atomic E-state index is 5.17. The molecule has 0 unspecified atom stereocenters. The zero-order valence-electron chi connectivity index (χ0n) is 36.3. The molecule has 0 saturated carbocycles. The van der Waals surface area contributed by atoms with E-state index in [2.05, 4.69) is 226 Å². The lowest BCUT2D eigenvalue weighted by Gasteiger charge is -2.22. The summed E-state index contributed by atoms with van der Waals surface area (Å²) in [5.74, 6) is 0.703. The topological polar surface area (TPSA) is 25.8 Å². The van der Waals surface area contributed by atoms with Crippen LogP contribution in [0, 0.1) is 0 Å². The van der Waals surface area contributed by atoms with Gasteiger partial charge >= 0.3 is 0 Å². The van der Waals surface area contributed by atoms with Crippen molar-refractivity contribution >= 4 is 21.5 Å². The second-order valence-corrected chi connectivity index (χ2v) is 17.7. The van der Waals surface area contributed by atoms with Crippen LogP contribution in [0.4, 0.5) is 0 Å². The molecule has 0 bridgehead atoms. The summed E-state index contributed by atoms with van der Waals surface area (Å²) in [4.78, 5) is 10.3. The molecular formula is C63H44N2. The van der Waals surface area contributed by atoms with Crippen LogP contribution < -0.4 is 0 Å². The number of benzene rings is 10. The van der Waals surface area contributed by atoms with Gasteiger partial charge in [0.15, 0.2) is 5.82 Å². The summed E-state index contributed by atoms with van der Waals surface area (Å²) >= 11 is 0. The van der Waals surface area contributed by atoms with Crippen molar-refractivity contribution in [3.63, 3.8) is 0 Å². The highest BCUT2D eigenvalue weighted by molar-refractivity contribution is 6.05.